The SMILES string of the molecule is O=c1[nH]cnc2c1ncn2[C@@H]1O[C@H](COP(=O)(O)N2CCOCC2)[C@@H](O)[C@H]1O. The summed E-state index contributed by atoms with van der Waals surface area (Å²) in [6.07, 6.45) is -2.47. The summed E-state index contributed by atoms with van der Waals surface area (Å²) < 4.78 is 30.9. The van der Waals surface area contributed by atoms with E-state index in [1.807, 2.05) is 0 Å². The monoisotopic (exact) mass is 417 g/mol. The Bertz CT molecular complexity index is 943. The molecular formula is C14H20N5O8P. The zero-order valence-corrected chi connectivity index (χ0v) is 15.5. The van der Waals surface area contributed by atoms with E-state index in [0.29, 0.717) is 13.2 Å². The smallest absolute Gasteiger partial charge is 0.387 e. The van der Waals surface area contributed by atoms with Gasteiger partial charge in [-0.1, -0.05) is 0 Å². The van der Waals surface area contributed by atoms with Crippen LogP contribution in [-0.2, 0) is 18.6 Å². The number of hydrogen-bond acceptors (Lipinski definition) is 9. The van der Waals surface area contributed by atoms with Crippen LogP contribution in [-0.4, -0.2) is 90.5 Å². The van der Waals surface area contributed by atoms with Crippen molar-refractivity contribution in [1.29, 1.82) is 0 Å². The van der Waals surface area contributed by atoms with Gasteiger partial charge in [-0.2, -0.15) is 0 Å². The summed E-state index contributed by atoms with van der Waals surface area (Å²) in [5.74, 6) is 0. The van der Waals surface area contributed by atoms with E-state index in [-0.39, 0.29) is 24.3 Å². The fourth-order valence-electron chi connectivity index (χ4n) is 3.20. The van der Waals surface area contributed by atoms with Gasteiger partial charge in [0.1, 0.15) is 18.3 Å². The number of imidazole rings is 1. The largest absolute Gasteiger partial charge is 0.405 e. The lowest BCUT2D eigenvalue weighted by molar-refractivity contribution is -0.0507. The van der Waals surface area contributed by atoms with Crippen LogP contribution in [0.2, 0.25) is 0 Å². The Kier molecular flexibility index (Phi) is 5.33. The molecule has 0 aliphatic carbocycles. The molecule has 0 saturated carbocycles. The number of aromatic nitrogens is 4. The second-order valence-electron chi connectivity index (χ2n) is 6.45. The molecule has 0 bridgehead atoms. The minimum atomic E-state index is -4.09. The van der Waals surface area contributed by atoms with Crippen molar-refractivity contribution in [3.63, 3.8) is 0 Å². The van der Waals surface area contributed by atoms with Gasteiger partial charge < -0.3 is 29.6 Å². The van der Waals surface area contributed by atoms with Crippen LogP contribution in [0.25, 0.3) is 11.2 Å². The Labute approximate surface area is 158 Å². The second kappa shape index (κ2) is 7.61. The average molecular weight is 417 g/mol. The third-order valence-electron chi connectivity index (χ3n) is 4.73. The third-order valence-corrected chi connectivity index (χ3v) is 6.33. The van der Waals surface area contributed by atoms with Crippen LogP contribution in [0.5, 0.6) is 0 Å². The van der Waals surface area contributed by atoms with Crippen molar-refractivity contribution in [3.05, 3.63) is 23.0 Å². The molecule has 13 nitrogen and oxygen atoms in total. The van der Waals surface area contributed by atoms with Crippen LogP contribution < -0.4 is 5.56 Å². The number of morpholine rings is 1. The second-order valence-corrected chi connectivity index (χ2v) is 8.26. The summed E-state index contributed by atoms with van der Waals surface area (Å²) in [7, 11) is -4.09. The van der Waals surface area contributed by atoms with E-state index in [1.165, 1.54) is 21.9 Å². The molecule has 4 N–H and O–H groups in total. The van der Waals surface area contributed by atoms with Crippen molar-refractivity contribution < 1.29 is 33.7 Å². The number of aliphatic hydroxyl groups excluding tert-OH is 2. The van der Waals surface area contributed by atoms with Crippen molar-refractivity contribution in [2.24, 2.45) is 0 Å². The molecule has 2 aliphatic heterocycles. The van der Waals surface area contributed by atoms with Crippen LogP contribution >= 0.6 is 7.75 Å². The van der Waals surface area contributed by atoms with Gasteiger partial charge in [-0.05, 0) is 0 Å². The standard InChI is InChI=1S/C14H20N5O8P/c20-10-8(5-26-28(23,24)18-1-3-25-4-2-18)27-14(11(10)21)19-7-17-9-12(19)15-6-16-13(9)22/h6-8,10-11,14,20-21H,1-5H2,(H,23,24)(H,15,16,22)/t8-,10-,11-,14-/m1/s1. The number of nitrogens with one attached hydrogen (secondary N) is 1. The topological polar surface area (TPSA) is 172 Å². The van der Waals surface area contributed by atoms with E-state index in [4.69, 9.17) is 14.0 Å². The Morgan fingerprint density at radius 3 is 2.79 bits per heavy atom. The molecule has 2 saturated heterocycles. The van der Waals surface area contributed by atoms with Crippen LogP contribution in [0.15, 0.2) is 17.4 Å². The molecule has 0 amide bonds. The molecule has 2 aliphatic rings. The molecular weight excluding hydrogens is 397 g/mol. The molecule has 154 valence electrons. The molecule has 2 fully saturated rings. The molecule has 0 aromatic carbocycles. The van der Waals surface area contributed by atoms with E-state index in [9.17, 15) is 24.5 Å². The van der Waals surface area contributed by atoms with E-state index < -0.39 is 44.5 Å². The van der Waals surface area contributed by atoms with Gasteiger partial charge in [0.2, 0.25) is 0 Å². The zero-order chi connectivity index (χ0) is 19.9. The highest BCUT2D eigenvalue weighted by Crippen LogP contribution is 2.47. The van der Waals surface area contributed by atoms with Gasteiger partial charge >= 0.3 is 7.75 Å². The average Bonchev–Trinajstić information content (AvgIpc) is 3.24. The first-order valence-corrected chi connectivity index (χ1v) is 10.1. The number of nitrogens with zero attached hydrogens (tertiary/aromatic N) is 4. The maximum Gasteiger partial charge on any atom is 0.405 e. The summed E-state index contributed by atoms with van der Waals surface area (Å²) >= 11 is 0. The van der Waals surface area contributed by atoms with Crippen molar-refractivity contribution in [1.82, 2.24) is 24.2 Å². The van der Waals surface area contributed by atoms with Gasteiger partial charge in [-0.15, -0.1) is 0 Å². The quantitative estimate of drug-likeness (QED) is 0.404. The molecule has 2 aromatic rings. The molecule has 5 atom stereocenters. The number of hydrogen-bond donors (Lipinski definition) is 4. The minimum absolute atomic E-state index is 0.0552. The van der Waals surface area contributed by atoms with Crippen LogP contribution in [0.4, 0.5) is 0 Å². The van der Waals surface area contributed by atoms with Gasteiger partial charge in [0, 0.05) is 13.1 Å². The van der Waals surface area contributed by atoms with Gasteiger partial charge in [0.15, 0.2) is 17.4 Å². The van der Waals surface area contributed by atoms with E-state index >= 15 is 0 Å². The zero-order valence-electron chi connectivity index (χ0n) is 14.6. The minimum Gasteiger partial charge on any atom is -0.387 e. The van der Waals surface area contributed by atoms with Gasteiger partial charge in [0.05, 0.1) is 32.5 Å². The predicted molar refractivity (Wildman–Crippen MR) is 92.2 cm³/mol. The molecule has 0 radical (unpaired) electrons. The van der Waals surface area contributed by atoms with Gasteiger partial charge in [0.25, 0.3) is 5.56 Å². The lowest BCUT2D eigenvalue weighted by atomic mass is 10.1. The first-order valence-electron chi connectivity index (χ1n) is 8.61. The van der Waals surface area contributed by atoms with Crippen LogP contribution in [0.3, 0.4) is 0 Å². The number of H-pyrrole nitrogens is 1. The van der Waals surface area contributed by atoms with Gasteiger partial charge in [-0.25, -0.2) is 19.2 Å². The van der Waals surface area contributed by atoms with Crippen LogP contribution in [0, 0.1) is 0 Å². The molecule has 4 rings (SSSR count). The molecule has 0 spiro atoms. The highest BCUT2D eigenvalue weighted by Gasteiger charge is 2.45. The first kappa shape index (κ1) is 19.6. The molecule has 2 aromatic heterocycles. The first-order chi connectivity index (χ1) is 13.4. The third kappa shape index (κ3) is 3.51. The fourth-order valence-corrected chi connectivity index (χ4v) is 4.38. The number of ether oxygens (including phenoxy) is 2. The lowest BCUT2D eigenvalue weighted by Gasteiger charge is -2.30. The summed E-state index contributed by atoms with van der Waals surface area (Å²) in [5.41, 5.74) is -0.231. The van der Waals surface area contributed by atoms with Gasteiger partial charge in [-0.3, -0.25) is 13.9 Å². The van der Waals surface area contributed by atoms with E-state index in [1.54, 1.807) is 0 Å². The Balaban J connectivity index is 1.48. The predicted octanol–water partition coefficient (Wildman–Crippen LogP) is -1.81. The Hall–Kier alpha value is -1.70. The lowest BCUT2D eigenvalue weighted by Crippen LogP contribution is -2.36. The molecule has 14 heteroatoms. The Morgan fingerprint density at radius 2 is 2.04 bits per heavy atom. The maximum absolute atomic E-state index is 12.4. The fraction of sp³-hybridized carbons (Fsp3) is 0.643. The number of fused-ring (bicyclic) bond motifs is 1. The highest BCUT2D eigenvalue weighted by molar-refractivity contribution is 7.50. The number of rotatable bonds is 5. The summed E-state index contributed by atoms with van der Waals surface area (Å²) in [6, 6.07) is 0. The van der Waals surface area contributed by atoms with Crippen LogP contribution in [0.1, 0.15) is 6.23 Å². The number of aliphatic hydroxyl groups is 2. The normalized spacial score (nSPS) is 31.2. The van der Waals surface area contributed by atoms with Crippen molar-refractivity contribution in [2.75, 3.05) is 32.9 Å². The van der Waals surface area contributed by atoms with Crippen molar-refractivity contribution >= 4 is 18.9 Å². The van der Waals surface area contributed by atoms with Crippen molar-refractivity contribution in [2.45, 2.75) is 24.5 Å². The summed E-state index contributed by atoms with van der Waals surface area (Å²) in [6.45, 7) is 0.706. The van der Waals surface area contributed by atoms with E-state index in [0.717, 1.165) is 0 Å². The summed E-state index contributed by atoms with van der Waals surface area (Å²) in [5, 5.41) is 20.6. The highest BCUT2D eigenvalue weighted by atomic mass is 31.2. The van der Waals surface area contributed by atoms with Crippen molar-refractivity contribution in [3.8, 4) is 0 Å². The molecule has 1 unspecified atom stereocenters. The molecule has 4 heterocycles. The van der Waals surface area contributed by atoms with E-state index in [2.05, 4.69) is 15.0 Å². The summed E-state index contributed by atoms with van der Waals surface area (Å²) in [4.78, 5) is 32.2. The Morgan fingerprint density at radius 1 is 1.29 bits per heavy atom. The maximum atomic E-state index is 12.4. The molecule has 28 heavy (non-hydrogen) atoms. The number of aromatic amines is 1.